The summed E-state index contributed by atoms with van der Waals surface area (Å²) < 4.78 is 6.52. The SMILES string of the molecule is [B]C(=O)N1C2CCC1(CC=O)CC2O[Si](C)(C)C(C)(C)C. The van der Waals surface area contributed by atoms with Gasteiger partial charge in [-0.3, -0.25) is 4.79 Å². The molecule has 6 heteroatoms. The standard InChI is InChI=1S/C15H26BNO3Si/c1-14(2,3)21(4,5)20-12-10-15(8-9-18)7-6-11(12)17(15)13(16)19/h9,11-12H,6-8,10H2,1-5H3. The molecule has 2 saturated heterocycles. The largest absolute Gasteiger partial charge is 0.412 e. The molecule has 2 bridgehead atoms. The molecule has 4 nitrogen and oxygen atoms in total. The molecule has 2 radical (unpaired) electrons. The smallest absolute Gasteiger partial charge is 0.200 e. The highest BCUT2D eigenvalue weighted by atomic mass is 28.4. The summed E-state index contributed by atoms with van der Waals surface area (Å²) in [6.45, 7) is 11.1. The minimum absolute atomic E-state index is 0.0205. The van der Waals surface area contributed by atoms with Crippen LogP contribution in [0.2, 0.25) is 18.1 Å². The molecule has 2 aliphatic heterocycles. The second-order valence-corrected chi connectivity index (χ2v) is 12.8. The Kier molecular flexibility index (Phi) is 4.17. The van der Waals surface area contributed by atoms with Crippen molar-refractivity contribution in [3.63, 3.8) is 0 Å². The van der Waals surface area contributed by atoms with Gasteiger partial charge in [-0.2, -0.15) is 0 Å². The van der Waals surface area contributed by atoms with Gasteiger partial charge in [0, 0.05) is 6.42 Å². The van der Waals surface area contributed by atoms with E-state index in [-0.39, 0.29) is 17.2 Å². The average molecular weight is 307 g/mol. The van der Waals surface area contributed by atoms with Gasteiger partial charge in [0.1, 0.15) is 6.29 Å². The molecule has 1 amide bonds. The van der Waals surface area contributed by atoms with E-state index < -0.39 is 19.7 Å². The van der Waals surface area contributed by atoms with Crippen LogP contribution in [0.15, 0.2) is 0 Å². The first-order chi connectivity index (χ1) is 9.54. The highest BCUT2D eigenvalue weighted by Crippen LogP contribution is 2.51. The Bertz CT molecular complexity index is 449. The first kappa shape index (κ1) is 16.7. The molecule has 0 aromatic carbocycles. The lowest BCUT2D eigenvalue weighted by atomic mass is 9.84. The van der Waals surface area contributed by atoms with E-state index >= 15 is 0 Å². The lowest BCUT2D eigenvalue weighted by Gasteiger charge is -2.40. The highest BCUT2D eigenvalue weighted by molar-refractivity contribution is 6.74. The topological polar surface area (TPSA) is 46.6 Å². The summed E-state index contributed by atoms with van der Waals surface area (Å²) in [4.78, 5) is 24.6. The quantitative estimate of drug-likeness (QED) is 0.592. The number of hydrogen-bond donors (Lipinski definition) is 0. The predicted octanol–water partition coefficient (Wildman–Crippen LogP) is 2.86. The van der Waals surface area contributed by atoms with Crippen LogP contribution in [0.4, 0.5) is 4.79 Å². The van der Waals surface area contributed by atoms with Gasteiger partial charge in [-0.15, -0.1) is 0 Å². The van der Waals surface area contributed by atoms with Crippen molar-refractivity contribution in [1.82, 2.24) is 4.90 Å². The van der Waals surface area contributed by atoms with Gasteiger partial charge >= 0.3 is 0 Å². The van der Waals surface area contributed by atoms with Gasteiger partial charge in [0.25, 0.3) is 0 Å². The number of carbonyl (C=O) groups is 2. The fraction of sp³-hybridized carbons (Fsp3) is 0.867. The molecule has 0 aliphatic carbocycles. The number of hydrogen-bond acceptors (Lipinski definition) is 3. The van der Waals surface area contributed by atoms with E-state index in [0.717, 1.165) is 25.5 Å². The minimum atomic E-state index is -1.89. The maximum absolute atomic E-state index is 11.8. The van der Waals surface area contributed by atoms with Crippen LogP contribution >= 0.6 is 0 Å². The van der Waals surface area contributed by atoms with Crippen LogP contribution in [0.25, 0.3) is 0 Å². The normalized spacial score (nSPS) is 32.5. The molecule has 0 N–H and O–H groups in total. The molecule has 2 heterocycles. The van der Waals surface area contributed by atoms with Gasteiger partial charge < -0.3 is 14.1 Å². The van der Waals surface area contributed by atoms with Crippen molar-refractivity contribution in [2.75, 3.05) is 0 Å². The number of fused-ring (bicyclic) bond motifs is 2. The summed E-state index contributed by atoms with van der Waals surface area (Å²) in [6, 6.07) is 0.0385. The van der Waals surface area contributed by atoms with Crippen LogP contribution in [0.5, 0.6) is 0 Å². The Morgan fingerprint density at radius 3 is 2.57 bits per heavy atom. The first-order valence-corrected chi connectivity index (χ1v) is 10.7. The molecule has 116 valence electrons. The lowest BCUT2D eigenvalue weighted by molar-refractivity contribution is -0.109. The summed E-state index contributed by atoms with van der Waals surface area (Å²) in [5.41, 5.74) is -0.398. The Morgan fingerprint density at radius 1 is 1.48 bits per heavy atom. The van der Waals surface area contributed by atoms with Crippen LogP contribution in [0.3, 0.4) is 0 Å². The molecular weight excluding hydrogens is 281 g/mol. The molecule has 0 spiro atoms. The Morgan fingerprint density at radius 2 is 2.10 bits per heavy atom. The summed E-state index contributed by atoms with van der Waals surface area (Å²) in [6.07, 6.45) is 3.78. The molecule has 2 rings (SSSR count). The zero-order chi connectivity index (χ0) is 16.1. The molecule has 0 saturated carbocycles. The van der Waals surface area contributed by atoms with Gasteiger partial charge in [-0.1, -0.05) is 20.8 Å². The molecule has 2 fully saturated rings. The number of nitrogens with zero attached hydrogens (tertiary/aromatic N) is 1. The summed E-state index contributed by atoms with van der Waals surface area (Å²) in [5, 5.41) is 0.129. The summed E-state index contributed by atoms with van der Waals surface area (Å²) >= 11 is 0. The Hall–Kier alpha value is -0.618. The van der Waals surface area contributed by atoms with E-state index in [1.165, 1.54) is 0 Å². The summed E-state index contributed by atoms with van der Waals surface area (Å²) in [5.74, 6) is -0.416. The predicted molar refractivity (Wildman–Crippen MR) is 86.1 cm³/mol. The van der Waals surface area contributed by atoms with Crippen LogP contribution < -0.4 is 0 Å². The number of amides is 1. The average Bonchev–Trinajstić information content (AvgIpc) is 2.79. The van der Waals surface area contributed by atoms with E-state index in [2.05, 4.69) is 33.9 Å². The van der Waals surface area contributed by atoms with E-state index in [1.54, 1.807) is 4.90 Å². The van der Waals surface area contributed by atoms with Crippen molar-refractivity contribution in [3.8, 4) is 0 Å². The number of carbonyl (C=O) groups excluding carboxylic acids is 2. The maximum Gasteiger partial charge on any atom is 0.200 e. The van der Waals surface area contributed by atoms with Crippen LogP contribution in [-0.4, -0.2) is 50.8 Å². The lowest BCUT2D eigenvalue weighted by Crippen LogP contribution is -2.47. The second kappa shape index (κ2) is 5.23. The Balaban J connectivity index is 2.22. The maximum atomic E-state index is 11.8. The summed E-state index contributed by atoms with van der Waals surface area (Å²) in [7, 11) is 3.68. The van der Waals surface area contributed by atoms with Crippen LogP contribution in [0.1, 0.15) is 46.5 Å². The van der Waals surface area contributed by atoms with E-state index in [4.69, 9.17) is 12.3 Å². The van der Waals surface area contributed by atoms with Crippen molar-refractivity contribution >= 4 is 28.3 Å². The third kappa shape index (κ3) is 2.72. The van der Waals surface area contributed by atoms with E-state index in [1.807, 2.05) is 0 Å². The van der Waals surface area contributed by atoms with Gasteiger partial charge in [-0.05, 0) is 37.4 Å². The van der Waals surface area contributed by atoms with Crippen LogP contribution in [0, 0.1) is 0 Å². The molecule has 0 aromatic rings. The monoisotopic (exact) mass is 307 g/mol. The van der Waals surface area contributed by atoms with Crippen molar-refractivity contribution < 1.29 is 14.0 Å². The molecule has 3 atom stereocenters. The van der Waals surface area contributed by atoms with Gasteiger partial charge in [0.15, 0.2) is 14.1 Å². The number of rotatable bonds is 4. The van der Waals surface area contributed by atoms with Crippen molar-refractivity contribution in [3.05, 3.63) is 0 Å². The zero-order valence-electron chi connectivity index (χ0n) is 13.8. The number of aldehydes is 1. The third-order valence-electron chi connectivity index (χ3n) is 5.71. The molecule has 0 aromatic heterocycles. The molecule has 21 heavy (non-hydrogen) atoms. The molecule has 2 aliphatic rings. The fourth-order valence-electron chi connectivity index (χ4n) is 3.59. The second-order valence-electron chi connectivity index (χ2n) is 8.03. The fourth-order valence-corrected chi connectivity index (χ4v) is 4.94. The zero-order valence-corrected chi connectivity index (χ0v) is 14.8. The van der Waals surface area contributed by atoms with Gasteiger partial charge in [-0.25, -0.2) is 0 Å². The van der Waals surface area contributed by atoms with Gasteiger partial charge in [0.2, 0.25) is 7.85 Å². The minimum Gasteiger partial charge on any atom is -0.412 e. The highest BCUT2D eigenvalue weighted by Gasteiger charge is 2.59. The first-order valence-electron chi connectivity index (χ1n) is 7.74. The third-order valence-corrected chi connectivity index (χ3v) is 10.2. The van der Waals surface area contributed by atoms with E-state index in [9.17, 15) is 9.59 Å². The van der Waals surface area contributed by atoms with Crippen molar-refractivity contribution in [2.24, 2.45) is 0 Å². The molecule has 3 unspecified atom stereocenters. The van der Waals surface area contributed by atoms with Crippen molar-refractivity contribution in [2.45, 2.75) is 82.3 Å². The van der Waals surface area contributed by atoms with Crippen LogP contribution in [-0.2, 0) is 9.22 Å². The Labute approximate surface area is 130 Å². The van der Waals surface area contributed by atoms with Gasteiger partial charge in [0.05, 0.1) is 17.7 Å². The van der Waals surface area contributed by atoms with E-state index in [0.29, 0.717) is 6.42 Å². The molecular formula is C15H26BNO3Si. The van der Waals surface area contributed by atoms with Crippen molar-refractivity contribution in [1.29, 1.82) is 0 Å².